The Morgan fingerprint density at radius 3 is 2.20 bits per heavy atom. The van der Waals surface area contributed by atoms with Crippen molar-refractivity contribution in [3.05, 3.63) is 30.3 Å². The summed E-state index contributed by atoms with van der Waals surface area (Å²) >= 11 is 0. The van der Waals surface area contributed by atoms with E-state index in [9.17, 15) is 13.5 Å². The lowest BCUT2D eigenvalue weighted by molar-refractivity contribution is 0.147. The third-order valence-corrected chi connectivity index (χ3v) is 4.03. The Kier molecular flexibility index (Phi) is 3.88. The average molecular weight is 228 g/mol. The minimum Gasteiger partial charge on any atom is -0.392 e. The summed E-state index contributed by atoms with van der Waals surface area (Å²) in [5.74, 6) is -0.266. The fraction of sp³-hybridized carbons (Fsp3) is 0.455. The maximum atomic E-state index is 11.8. The van der Waals surface area contributed by atoms with Crippen LogP contribution in [0.3, 0.4) is 0 Å². The van der Waals surface area contributed by atoms with Crippen LogP contribution in [0.2, 0.25) is 0 Å². The van der Waals surface area contributed by atoms with Crippen LogP contribution >= 0.6 is 0 Å². The minimum atomic E-state index is -3.35. The van der Waals surface area contributed by atoms with Crippen LogP contribution in [0, 0.1) is 5.92 Å². The molecule has 0 amide bonds. The quantitative estimate of drug-likeness (QED) is 0.849. The average Bonchev–Trinajstić information content (AvgIpc) is 2.18. The Morgan fingerprint density at radius 2 is 1.73 bits per heavy atom. The highest BCUT2D eigenvalue weighted by Crippen LogP contribution is 2.14. The molecule has 1 atom stereocenters. The summed E-state index contributed by atoms with van der Waals surface area (Å²) in [6, 6.07) is 8.20. The summed E-state index contributed by atoms with van der Waals surface area (Å²) in [6.45, 7) is 3.59. The first-order valence-corrected chi connectivity index (χ1v) is 6.54. The van der Waals surface area contributed by atoms with E-state index in [1.54, 1.807) is 44.2 Å². The molecule has 0 bridgehead atoms. The highest BCUT2D eigenvalue weighted by atomic mass is 32.2. The number of rotatable bonds is 4. The summed E-state index contributed by atoms with van der Waals surface area (Å²) in [4.78, 5) is 0.268. The molecule has 1 rings (SSSR count). The van der Waals surface area contributed by atoms with E-state index in [1.165, 1.54) is 0 Å². The number of benzene rings is 1. The number of hydrogen-bond donors (Lipinski definition) is 1. The van der Waals surface area contributed by atoms with E-state index in [4.69, 9.17) is 0 Å². The largest absolute Gasteiger partial charge is 0.392 e. The summed E-state index contributed by atoms with van der Waals surface area (Å²) in [7, 11) is -3.35. The van der Waals surface area contributed by atoms with E-state index >= 15 is 0 Å². The van der Waals surface area contributed by atoms with E-state index in [0.29, 0.717) is 0 Å². The van der Waals surface area contributed by atoms with Gasteiger partial charge in [0.15, 0.2) is 9.84 Å². The molecule has 1 unspecified atom stereocenters. The molecule has 1 aromatic rings. The molecular formula is C11H16O3S. The first-order chi connectivity index (χ1) is 6.93. The number of sulfone groups is 1. The zero-order valence-corrected chi connectivity index (χ0v) is 9.74. The Morgan fingerprint density at radius 1 is 1.20 bits per heavy atom. The third-order valence-electron chi connectivity index (χ3n) is 2.26. The van der Waals surface area contributed by atoms with Crippen molar-refractivity contribution in [1.82, 2.24) is 0 Å². The van der Waals surface area contributed by atoms with E-state index in [1.807, 2.05) is 0 Å². The molecule has 0 radical (unpaired) electrons. The predicted molar refractivity (Wildman–Crippen MR) is 59.3 cm³/mol. The summed E-state index contributed by atoms with van der Waals surface area (Å²) in [5, 5.41) is 9.54. The van der Waals surface area contributed by atoms with Gasteiger partial charge in [-0.05, 0) is 18.1 Å². The maximum Gasteiger partial charge on any atom is 0.180 e. The van der Waals surface area contributed by atoms with Crippen LogP contribution in [0.25, 0.3) is 0 Å². The van der Waals surface area contributed by atoms with Gasteiger partial charge in [-0.25, -0.2) is 8.42 Å². The zero-order chi connectivity index (χ0) is 11.5. The van der Waals surface area contributed by atoms with Crippen LogP contribution in [0.4, 0.5) is 0 Å². The molecule has 0 spiro atoms. The Hall–Kier alpha value is -0.870. The second-order valence-corrected chi connectivity index (χ2v) is 5.94. The topological polar surface area (TPSA) is 54.4 Å². The van der Waals surface area contributed by atoms with Gasteiger partial charge in [-0.1, -0.05) is 32.0 Å². The second kappa shape index (κ2) is 4.77. The van der Waals surface area contributed by atoms with Crippen molar-refractivity contribution in [3.8, 4) is 0 Å². The molecule has 1 N–H and O–H groups in total. The van der Waals surface area contributed by atoms with Crippen molar-refractivity contribution in [2.75, 3.05) is 5.75 Å². The molecular weight excluding hydrogens is 212 g/mol. The number of hydrogen-bond acceptors (Lipinski definition) is 3. The standard InChI is InChI=1S/C11H16O3S/c1-9(2)11(12)8-15(13,14)10-6-4-3-5-7-10/h3-7,9,11-12H,8H2,1-2H3. The van der Waals surface area contributed by atoms with Crippen LogP contribution in [0.1, 0.15) is 13.8 Å². The minimum absolute atomic E-state index is 0.0523. The molecule has 0 heterocycles. The SMILES string of the molecule is CC(C)C(O)CS(=O)(=O)c1ccccc1. The smallest absolute Gasteiger partial charge is 0.180 e. The van der Waals surface area contributed by atoms with Crippen molar-refractivity contribution < 1.29 is 13.5 Å². The molecule has 15 heavy (non-hydrogen) atoms. The lowest BCUT2D eigenvalue weighted by Gasteiger charge is -2.14. The van der Waals surface area contributed by atoms with E-state index in [-0.39, 0.29) is 16.6 Å². The van der Waals surface area contributed by atoms with E-state index < -0.39 is 15.9 Å². The summed E-state index contributed by atoms with van der Waals surface area (Å²) in [5.41, 5.74) is 0. The molecule has 0 saturated carbocycles. The molecule has 0 aliphatic heterocycles. The highest BCUT2D eigenvalue weighted by Gasteiger charge is 2.21. The van der Waals surface area contributed by atoms with Crippen molar-refractivity contribution in [1.29, 1.82) is 0 Å². The van der Waals surface area contributed by atoms with Gasteiger partial charge in [0.25, 0.3) is 0 Å². The molecule has 3 nitrogen and oxygen atoms in total. The fourth-order valence-corrected chi connectivity index (χ4v) is 2.74. The fourth-order valence-electron chi connectivity index (χ4n) is 1.14. The van der Waals surface area contributed by atoms with Crippen LogP contribution in [-0.2, 0) is 9.84 Å². The van der Waals surface area contributed by atoms with Gasteiger partial charge in [-0.3, -0.25) is 0 Å². The van der Waals surface area contributed by atoms with Crippen LogP contribution in [0.15, 0.2) is 35.2 Å². The monoisotopic (exact) mass is 228 g/mol. The third kappa shape index (κ3) is 3.32. The first-order valence-electron chi connectivity index (χ1n) is 4.89. The molecule has 4 heteroatoms. The lowest BCUT2D eigenvalue weighted by Crippen LogP contribution is -2.25. The van der Waals surface area contributed by atoms with Crippen molar-refractivity contribution in [3.63, 3.8) is 0 Å². The highest BCUT2D eigenvalue weighted by molar-refractivity contribution is 7.91. The van der Waals surface area contributed by atoms with Gasteiger partial charge in [0.2, 0.25) is 0 Å². The Balaban J connectivity index is 2.86. The predicted octanol–water partition coefficient (Wildman–Crippen LogP) is 1.48. The second-order valence-electron chi connectivity index (χ2n) is 3.91. The van der Waals surface area contributed by atoms with Gasteiger partial charge in [-0.2, -0.15) is 0 Å². The van der Waals surface area contributed by atoms with E-state index in [2.05, 4.69) is 0 Å². The molecule has 84 valence electrons. The molecule has 1 aromatic carbocycles. The van der Waals surface area contributed by atoms with Gasteiger partial charge in [0, 0.05) is 0 Å². The van der Waals surface area contributed by atoms with Crippen molar-refractivity contribution >= 4 is 9.84 Å². The molecule has 0 aromatic heterocycles. The van der Waals surface area contributed by atoms with Gasteiger partial charge in [0.1, 0.15) is 0 Å². The molecule has 0 saturated heterocycles. The van der Waals surface area contributed by atoms with Gasteiger partial charge >= 0.3 is 0 Å². The molecule has 0 aliphatic rings. The van der Waals surface area contributed by atoms with Crippen molar-refractivity contribution in [2.24, 2.45) is 5.92 Å². The number of aliphatic hydroxyl groups excluding tert-OH is 1. The molecule has 0 aliphatic carbocycles. The van der Waals surface area contributed by atoms with Crippen LogP contribution < -0.4 is 0 Å². The van der Waals surface area contributed by atoms with E-state index in [0.717, 1.165) is 0 Å². The van der Waals surface area contributed by atoms with Crippen LogP contribution in [-0.4, -0.2) is 25.4 Å². The zero-order valence-electron chi connectivity index (χ0n) is 8.92. The van der Waals surface area contributed by atoms with Crippen molar-refractivity contribution in [2.45, 2.75) is 24.8 Å². The van der Waals surface area contributed by atoms with Gasteiger partial charge < -0.3 is 5.11 Å². The molecule has 0 fully saturated rings. The normalized spacial score (nSPS) is 14.1. The van der Waals surface area contributed by atoms with Gasteiger partial charge in [-0.15, -0.1) is 0 Å². The number of aliphatic hydroxyl groups is 1. The Labute approximate surface area is 90.7 Å². The van der Waals surface area contributed by atoms with Gasteiger partial charge in [0.05, 0.1) is 16.8 Å². The maximum absolute atomic E-state index is 11.8. The Bertz CT molecular complexity index is 395. The lowest BCUT2D eigenvalue weighted by atomic mass is 10.1. The first kappa shape index (κ1) is 12.2. The van der Waals surface area contributed by atoms with Crippen LogP contribution in [0.5, 0.6) is 0 Å². The summed E-state index contributed by atoms with van der Waals surface area (Å²) in [6.07, 6.45) is -0.810. The summed E-state index contributed by atoms with van der Waals surface area (Å²) < 4.78 is 23.6.